The molecule has 0 aromatic heterocycles. The average molecular weight is 240 g/mol. The van der Waals surface area contributed by atoms with Crippen molar-refractivity contribution < 1.29 is 23.8 Å². The third kappa shape index (κ3) is 2.87. The SMILES string of the molecule is CCOC(=O)C1CO/C(=C(\C#N)C(=O)OC)N1. The van der Waals surface area contributed by atoms with Crippen LogP contribution in [0, 0.1) is 11.3 Å². The fourth-order valence-corrected chi connectivity index (χ4v) is 1.21. The van der Waals surface area contributed by atoms with Gasteiger partial charge in [0.25, 0.3) is 0 Å². The highest BCUT2D eigenvalue weighted by molar-refractivity contribution is 5.93. The van der Waals surface area contributed by atoms with Crippen LogP contribution in [-0.4, -0.2) is 38.3 Å². The quantitative estimate of drug-likeness (QED) is 0.401. The van der Waals surface area contributed by atoms with Gasteiger partial charge in [-0.3, -0.25) is 0 Å². The van der Waals surface area contributed by atoms with Gasteiger partial charge in [-0.15, -0.1) is 0 Å². The van der Waals surface area contributed by atoms with Crippen LogP contribution in [0.1, 0.15) is 6.92 Å². The number of esters is 2. The van der Waals surface area contributed by atoms with Crippen molar-refractivity contribution >= 4 is 11.9 Å². The molecule has 1 saturated heterocycles. The molecule has 1 atom stereocenters. The minimum absolute atomic E-state index is 0.0103. The molecule has 1 rings (SSSR count). The summed E-state index contributed by atoms with van der Waals surface area (Å²) in [4.78, 5) is 22.5. The fourth-order valence-electron chi connectivity index (χ4n) is 1.21. The zero-order valence-corrected chi connectivity index (χ0v) is 9.48. The summed E-state index contributed by atoms with van der Waals surface area (Å²) in [5, 5.41) is 11.4. The van der Waals surface area contributed by atoms with E-state index in [1.807, 2.05) is 0 Å². The molecular formula is C10H12N2O5. The van der Waals surface area contributed by atoms with Crippen molar-refractivity contribution in [3.8, 4) is 6.07 Å². The van der Waals surface area contributed by atoms with E-state index in [-0.39, 0.29) is 24.7 Å². The predicted molar refractivity (Wildman–Crippen MR) is 54.2 cm³/mol. The molecule has 0 aromatic carbocycles. The summed E-state index contributed by atoms with van der Waals surface area (Å²) in [6, 6.07) is 0.941. The second kappa shape index (κ2) is 5.75. The van der Waals surface area contributed by atoms with Crippen molar-refractivity contribution in [1.82, 2.24) is 5.32 Å². The smallest absolute Gasteiger partial charge is 0.354 e. The largest absolute Gasteiger partial charge is 0.475 e. The van der Waals surface area contributed by atoms with Crippen LogP contribution in [0.2, 0.25) is 0 Å². The van der Waals surface area contributed by atoms with Crippen molar-refractivity contribution in [1.29, 1.82) is 5.26 Å². The van der Waals surface area contributed by atoms with Gasteiger partial charge in [0, 0.05) is 0 Å². The molecular weight excluding hydrogens is 228 g/mol. The lowest BCUT2D eigenvalue weighted by Gasteiger charge is -2.06. The molecule has 0 radical (unpaired) electrons. The van der Waals surface area contributed by atoms with Crippen molar-refractivity contribution in [3.05, 3.63) is 11.5 Å². The van der Waals surface area contributed by atoms with E-state index >= 15 is 0 Å². The molecule has 0 saturated carbocycles. The molecule has 1 heterocycles. The molecule has 0 aromatic rings. The van der Waals surface area contributed by atoms with Gasteiger partial charge in [0.15, 0.2) is 11.6 Å². The minimum atomic E-state index is -0.820. The molecule has 7 nitrogen and oxygen atoms in total. The molecule has 0 spiro atoms. The molecule has 92 valence electrons. The average Bonchev–Trinajstić information content (AvgIpc) is 2.79. The Balaban J connectivity index is 2.78. The Hall–Kier alpha value is -2.23. The molecule has 0 aliphatic carbocycles. The number of nitriles is 1. The Bertz CT molecular complexity index is 396. The number of methoxy groups -OCH3 is 1. The molecule has 7 heteroatoms. The molecule has 1 fully saturated rings. The molecule has 1 aliphatic rings. The number of carbonyl (C=O) groups excluding carboxylic acids is 2. The third-order valence-electron chi connectivity index (χ3n) is 2.00. The zero-order valence-electron chi connectivity index (χ0n) is 9.48. The number of hydrogen-bond acceptors (Lipinski definition) is 7. The molecule has 1 N–H and O–H groups in total. The van der Waals surface area contributed by atoms with Crippen LogP contribution in [0.3, 0.4) is 0 Å². The maximum Gasteiger partial charge on any atom is 0.354 e. The van der Waals surface area contributed by atoms with E-state index in [2.05, 4.69) is 10.1 Å². The second-order valence-electron chi connectivity index (χ2n) is 3.07. The van der Waals surface area contributed by atoms with Crippen LogP contribution >= 0.6 is 0 Å². The van der Waals surface area contributed by atoms with Gasteiger partial charge in [-0.1, -0.05) is 0 Å². The van der Waals surface area contributed by atoms with Crippen molar-refractivity contribution in [3.63, 3.8) is 0 Å². The van der Waals surface area contributed by atoms with Crippen molar-refractivity contribution in [2.45, 2.75) is 13.0 Å². The van der Waals surface area contributed by atoms with Gasteiger partial charge in [-0.25, -0.2) is 9.59 Å². The van der Waals surface area contributed by atoms with E-state index in [1.165, 1.54) is 0 Å². The van der Waals surface area contributed by atoms with Gasteiger partial charge in [-0.2, -0.15) is 5.26 Å². The van der Waals surface area contributed by atoms with E-state index in [0.29, 0.717) is 0 Å². The maximum absolute atomic E-state index is 11.4. The van der Waals surface area contributed by atoms with Crippen LogP contribution in [0.5, 0.6) is 0 Å². The number of nitrogens with zero attached hydrogens (tertiary/aromatic N) is 1. The third-order valence-corrected chi connectivity index (χ3v) is 2.00. The highest BCUT2D eigenvalue weighted by atomic mass is 16.5. The monoisotopic (exact) mass is 240 g/mol. The Kier molecular flexibility index (Phi) is 4.34. The fraction of sp³-hybridized carbons (Fsp3) is 0.500. The first-order chi connectivity index (χ1) is 8.13. The van der Waals surface area contributed by atoms with Crippen LogP contribution in [0.4, 0.5) is 0 Å². The van der Waals surface area contributed by atoms with Crippen molar-refractivity contribution in [2.24, 2.45) is 0 Å². The first-order valence-electron chi connectivity index (χ1n) is 4.92. The van der Waals surface area contributed by atoms with Crippen molar-refractivity contribution in [2.75, 3.05) is 20.3 Å². The number of ether oxygens (including phenoxy) is 3. The maximum atomic E-state index is 11.4. The Morgan fingerprint density at radius 2 is 2.35 bits per heavy atom. The van der Waals surface area contributed by atoms with Crippen LogP contribution in [-0.2, 0) is 23.8 Å². The number of hydrogen-bond donors (Lipinski definition) is 1. The summed E-state index contributed by atoms with van der Waals surface area (Å²) >= 11 is 0. The zero-order chi connectivity index (χ0) is 12.8. The Morgan fingerprint density at radius 3 is 2.88 bits per heavy atom. The summed E-state index contributed by atoms with van der Waals surface area (Å²) in [6.07, 6.45) is 0. The Labute approximate surface area is 97.9 Å². The van der Waals surface area contributed by atoms with Gasteiger partial charge < -0.3 is 19.5 Å². The number of nitrogens with one attached hydrogen (secondary N) is 1. The minimum Gasteiger partial charge on any atom is -0.475 e. The summed E-state index contributed by atoms with van der Waals surface area (Å²) in [5.41, 5.74) is -0.306. The lowest BCUT2D eigenvalue weighted by atomic mass is 10.3. The van der Waals surface area contributed by atoms with Gasteiger partial charge >= 0.3 is 11.9 Å². The highest BCUT2D eigenvalue weighted by Crippen LogP contribution is 2.13. The normalized spacial score (nSPS) is 20.6. The standard InChI is InChI=1S/C10H12N2O5/c1-3-16-10(14)7-5-17-8(12-7)6(4-11)9(13)15-2/h7,12H,3,5H2,1-2H3/b8-6+. The summed E-state index contributed by atoms with van der Waals surface area (Å²) in [6.45, 7) is 1.94. The summed E-state index contributed by atoms with van der Waals surface area (Å²) in [5.74, 6) is -1.37. The van der Waals surface area contributed by atoms with Crippen LogP contribution < -0.4 is 5.32 Å². The molecule has 1 unspecified atom stereocenters. The molecule has 1 aliphatic heterocycles. The van der Waals surface area contributed by atoms with E-state index < -0.39 is 18.0 Å². The molecule has 0 bridgehead atoms. The first kappa shape index (κ1) is 12.8. The lowest BCUT2D eigenvalue weighted by molar-refractivity contribution is -0.145. The topological polar surface area (TPSA) is 97.7 Å². The molecule has 17 heavy (non-hydrogen) atoms. The Morgan fingerprint density at radius 1 is 1.65 bits per heavy atom. The van der Waals surface area contributed by atoms with Crippen LogP contribution in [0.25, 0.3) is 0 Å². The predicted octanol–water partition coefficient (Wildman–Crippen LogP) is -0.554. The van der Waals surface area contributed by atoms with E-state index in [9.17, 15) is 9.59 Å². The van der Waals surface area contributed by atoms with Crippen LogP contribution in [0.15, 0.2) is 11.5 Å². The summed E-state index contributed by atoms with van der Waals surface area (Å²) in [7, 11) is 1.15. The van der Waals surface area contributed by atoms with Gasteiger partial charge in [0.05, 0.1) is 13.7 Å². The van der Waals surface area contributed by atoms with E-state index in [4.69, 9.17) is 14.7 Å². The van der Waals surface area contributed by atoms with Gasteiger partial charge in [0.2, 0.25) is 5.88 Å². The summed E-state index contributed by atoms with van der Waals surface area (Å²) < 4.78 is 14.2. The first-order valence-corrected chi connectivity index (χ1v) is 4.92. The van der Waals surface area contributed by atoms with E-state index in [1.54, 1.807) is 13.0 Å². The number of carbonyl (C=O) groups is 2. The second-order valence-corrected chi connectivity index (χ2v) is 3.07. The molecule has 0 amide bonds. The van der Waals surface area contributed by atoms with E-state index in [0.717, 1.165) is 7.11 Å². The van der Waals surface area contributed by atoms with Gasteiger partial charge in [0.1, 0.15) is 12.7 Å². The number of rotatable bonds is 3. The lowest BCUT2D eigenvalue weighted by Crippen LogP contribution is -2.34. The van der Waals surface area contributed by atoms with Gasteiger partial charge in [-0.05, 0) is 6.92 Å². The highest BCUT2D eigenvalue weighted by Gasteiger charge is 2.31.